The van der Waals surface area contributed by atoms with Gasteiger partial charge < -0.3 is 9.64 Å². The summed E-state index contributed by atoms with van der Waals surface area (Å²) in [4.78, 5) is 25.3. The molecule has 2 aromatic carbocycles. The van der Waals surface area contributed by atoms with Gasteiger partial charge in [-0.05, 0) is 35.9 Å². The van der Waals surface area contributed by atoms with Crippen molar-refractivity contribution in [2.75, 3.05) is 12.0 Å². The SMILES string of the molecule is C=CC(=O)N(Cc1cccc(C(=O)OC)c1)c1ccccc1. The Labute approximate surface area is 129 Å². The Morgan fingerprint density at radius 1 is 1.14 bits per heavy atom. The molecule has 4 heteroatoms. The topological polar surface area (TPSA) is 46.6 Å². The number of esters is 1. The molecule has 0 aliphatic carbocycles. The Morgan fingerprint density at radius 2 is 1.86 bits per heavy atom. The van der Waals surface area contributed by atoms with Crippen LogP contribution in [0.2, 0.25) is 0 Å². The summed E-state index contributed by atoms with van der Waals surface area (Å²) in [5, 5.41) is 0. The van der Waals surface area contributed by atoms with Gasteiger partial charge in [0, 0.05) is 5.69 Å². The van der Waals surface area contributed by atoms with Gasteiger partial charge in [-0.25, -0.2) is 4.79 Å². The van der Waals surface area contributed by atoms with Crippen LogP contribution < -0.4 is 4.90 Å². The maximum atomic E-state index is 12.1. The fourth-order valence-electron chi connectivity index (χ4n) is 2.11. The molecule has 22 heavy (non-hydrogen) atoms. The minimum Gasteiger partial charge on any atom is -0.465 e. The second-order valence-corrected chi connectivity index (χ2v) is 4.66. The molecule has 1 amide bonds. The standard InChI is InChI=1S/C18H17NO3/c1-3-17(20)19(16-10-5-4-6-11-16)13-14-8-7-9-15(12-14)18(21)22-2/h3-12H,1,13H2,2H3. The summed E-state index contributed by atoms with van der Waals surface area (Å²) in [5.41, 5.74) is 2.07. The van der Waals surface area contributed by atoms with Gasteiger partial charge in [0.25, 0.3) is 5.91 Å². The second-order valence-electron chi connectivity index (χ2n) is 4.66. The van der Waals surface area contributed by atoms with Crippen molar-refractivity contribution in [2.45, 2.75) is 6.54 Å². The Bertz CT molecular complexity index is 680. The molecule has 4 nitrogen and oxygen atoms in total. The largest absolute Gasteiger partial charge is 0.465 e. The van der Waals surface area contributed by atoms with E-state index >= 15 is 0 Å². The number of benzene rings is 2. The molecular formula is C18H17NO3. The molecule has 0 unspecified atom stereocenters. The number of hydrogen-bond donors (Lipinski definition) is 0. The maximum absolute atomic E-state index is 12.1. The van der Waals surface area contributed by atoms with E-state index in [1.165, 1.54) is 13.2 Å². The van der Waals surface area contributed by atoms with E-state index in [1.807, 2.05) is 36.4 Å². The number of amides is 1. The Morgan fingerprint density at radius 3 is 2.50 bits per heavy atom. The quantitative estimate of drug-likeness (QED) is 0.628. The molecule has 112 valence electrons. The average molecular weight is 295 g/mol. The smallest absolute Gasteiger partial charge is 0.337 e. The lowest BCUT2D eigenvalue weighted by molar-refractivity contribution is -0.114. The summed E-state index contributed by atoms with van der Waals surface area (Å²) < 4.78 is 4.71. The second kappa shape index (κ2) is 7.22. The zero-order chi connectivity index (χ0) is 15.9. The van der Waals surface area contributed by atoms with E-state index in [1.54, 1.807) is 23.1 Å². The third kappa shape index (κ3) is 3.61. The van der Waals surface area contributed by atoms with E-state index in [0.717, 1.165) is 11.3 Å². The average Bonchev–Trinajstić information content (AvgIpc) is 2.59. The number of methoxy groups -OCH3 is 1. The highest BCUT2D eigenvalue weighted by atomic mass is 16.5. The van der Waals surface area contributed by atoms with Crippen LogP contribution in [0.5, 0.6) is 0 Å². The van der Waals surface area contributed by atoms with Gasteiger partial charge in [0.1, 0.15) is 0 Å². The Kier molecular flexibility index (Phi) is 5.09. The van der Waals surface area contributed by atoms with Crippen LogP contribution in [0, 0.1) is 0 Å². The molecule has 0 N–H and O–H groups in total. The third-order valence-electron chi connectivity index (χ3n) is 3.20. The summed E-state index contributed by atoms with van der Waals surface area (Å²) in [5.74, 6) is -0.599. The van der Waals surface area contributed by atoms with E-state index in [-0.39, 0.29) is 5.91 Å². The molecule has 2 rings (SSSR count). The van der Waals surface area contributed by atoms with Gasteiger partial charge in [0.2, 0.25) is 0 Å². The first-order valence-electron chi connectivity index (χ1n) is 6.82. The molecule has 0 fully saturated rings. The molecule has 0 aliphatic heterocycles. The summed E-state index contributed by atoms with van der Waals surface area (Å²) in [7, 11) is 1.34. The first kappa shape index (κ1) is 15.5. The van der Waals surface area contributed by atoms with E-state index in [4.69, 9.17) is 4.74 Å². The van der Waals surface area contributed by atoms with Crippen molar-refractivity contribution in [3.63, 3.8) is 0 Å². The number of carbonyl (C=O) groups is 2. The zero-order valence-electron chi connectivity index (χ0n) is 12.4. The van der Waals surface area contributed by atoms with Gasteiger partial charge in [0.05, 0.1) is 19.2 Å². The predicted molar refractivity (Wildman–Crippen MR) is 85.6 cm³/mol. The van der Waals surface area contributed by atoms with E-state index < -0.39 is 5.97 Å². The van der Waals surface area contributed by atoms with Crippen molar-refractivity contribution < 1.29 is 14.3 Å². The number of ether oxygens (including phenoxy) is 1. The number of hydrogen-bond acceptors (Lipinski definition) is 3. The van der Waals surface area contributed by atoms with Crippen LogP contribution in [0.4, 0.5) is 5.69 Å². The van der Waals surface area contributed by atoms with E-state index in [2.05, 4.69) is 6.58 Å². The van der Waals surface area contributed by atoms with Crippen molar-refractivity contribution in [2.24, 2.45) is 0 Å². The fourth-order valence-corrected chi connectivity index (χ4v) is 2.11. The first-order chi connectivity index (χ1) is 10.7. The predicted octanol–water partition coefficient (Wildman–Crippen LogP) is 3.19. The van der Waals surface area contributed by atoms with Crippen LogP contribution in [0.25, 0.3) is 0 Å². The highest BCUT2D eigenvalue weighted by Gasteiger charge is 2.14. The van der Waals surface area contributed by atoms with Crippen LogP contribution in [0.15, 0.2) is 67.3 Å². The number of anilines is 1. The summed E-state index contributed by atoms with van der Waals surface area (Å²) in [6.07, 6.45) is 1.27. The highest BCUT2D eigenvalue weighted by Crippen LogP contribution is 2.18. The van der Waals surface area contributed by atoms with Crippen molar-refractivity contribution in [1.29, 1.82) is 0 Å². The maximum Gasteiger partial charge on any atom is 0.337 e. The van der Waals surface area contributed by atoms with Crippen molar-refractivity contribution in [3.8, 4) is 0 Å². The molecule has 0 spiro atoms. The normalized spacial score (nSPS) is 9.86. The van der Waals surface area contributed by atoms with Crippen molar-refractivity contribution in [3.05, 3.63) is 78.4 Å². The summed E-state index contributed by atoms with van der Waals surface area (Å²) in [6, 6.07) is 16.3. The van der Waals surface area contributed by atoms with Gasteiger partial charge in [-0.1, -0.05) is 36.9 Å². The third-order valence-corrected chi connectivity index (χ3v) is 3.20. The van der Waals surface area contributed by atoms with Gasteiger partial charge in [-0.2, -0.15) is 0 Å². The van der Waals surface area contributed by atoms with Crippen LogP contribution in [0.3, 0.4) is 0 Å². The highest BCUT2D eigenvalue weighted by molar-refractivity contribution is 6.01. The van der Waals surface area contributed by atoms with Crippen LogP contribution in [-0.4, -0.2) is 19.0 Å². The van der Waals surface area contributed by atoms with Crippen LogP contribution >= 0.6 is 0 Å². The number of rotatable bonds is 5. The van der Waals surface area contributed by atoms with Gasteiger partial charge >= 0.3 is 5.97 Å². The minimum absolute atomic E-state index is 0.199. The molecule has 0 aliphatic rings. The van der Waals surface area contributed by atoms with Gasteiger partial charge in [0.15, 0.2) is 0 Å². The Hall–Kier alpha value is -2.88. The number of carbonyl (C=O) groups excluding carboxylic acids is 2. The monoisotopic (exact) mass is 295 g/mol. The minimum atomic E-state index is -0.400. The first-order valence-corrected chi connectivity index (χ1v) is 6.82. The molecule has 0 heterocycles. The van der Waals surface area contributed by atoms with Crippen molar-refractivity contribution in [1.82, 2.24) is 0 Å². The van der Waals surface area contributed by atoms with Crippen LogP contribution in [0.1, 0.15) is 15.9 Å². The molecule has 0 bridgehead atoms. The van der Waals surface area contributed by atoms with Gasteiger partial charge in [-0.3, -0.25) is 4.79 Å². The molecule has 0 atom stereocenters. The lowest BCUT2D eigenvalue weighted by Crippen LogP contribution is -2.28. The van der Waals surface area contributed by atoms with Gasteiger partial charge in [-0.15, -0.1) is 0 Å². The number of nitrogens with zero attached hydrogens (tertiary/aromatic N) is 1. The van der Waals surface area contributed by atoms with Crippen molar-refractivity contribution >= 4 is 17.6 Å². The lowest BCUT2D eigenvalue weighted by Gasteiger charge is -2.21. The summed E-state index contributed by atoms with van der Waals surface area (Å²) >= 11 is 0. The molecule has 0 radical (unpaired) electrons. The molecule has 0 saturated carbocycles. The fraction of sp³-hybridized carbons (Fsp3) is 0.111. The lowest BCUT2D eigenvalue weighted by atomic mass is 10.1. The molecule has 0 aromatic heterocycles. The Balaban J connectivity index is 2.30. The molecule has 0 saturated heterocycles. The summed E-state index contributed by atoms with van der Waals surface area (Å²) in [6.45, 7) is 3.89. The van der Waals surface area contributed by atoms with E-state index in [9.17, 15) is 9.59 Å². The number of para-hydroxylation sites is 1. The molecule has 2 aromatic rings. The zero-order valence-corrected chi connectivity index (χ0v) is 12.4. The van der Waals surface area contributed by atoms with E-state index in [0.29, 0.717) is 12.1 Å². The molecular weight excluding hydrogens is 278 g/mol. The van der Waals surface area contributed by atoms with Crippen LogP contribution in [-0.2, 0) is 16.1 Å².